The van der Waals surface area contributed by atoms with Crippen molar-refractivity contribution < 1.29 is 19.4 Å². The number of β-amino-alcohol motifs (C(OH)–C–C–N with tert-alkyl or cyclic N) is 1. The number of hydrogen-bond acceptors (Lipinski definition) is 4. The van der Waals surface area contributed by atoms with Crippen molar-refractivity contribution in [1.29, 1.82) is 0 Å². The Morgan fingerprint density at radius 3 is 2.92 bits per heavy atom. The third-order valence-corrected chi connectivity index (χ3v) is 1.69. The molecule has 0 aromatic rings. The zero-order valence-electron chi connectivity index (χ0n) is 6.74. The van der Waals surface area contributed by atoms with Crippen LogP contribution in [0, 0.1) is 5.92 Å². The van der Waals surface area contributed by atoms with Crippen molar-refractivity contribution in [1.82, 2.24) is 5.32 Å². The lowest BCUT2D eigenvalue weighted by Gasteiger charge is -2.08. The summed E-state index contributed by atoms with van der Waals surface area (Å²) in [5.74, 6) is -2.15. The lowest BCUT2D eigenvalue weighted by molar-refractivity contribution is -0.153. The van der Waals surface area contributed by atoms with E-state index in [-0.39, 0.29) is 13.2 Å². The minimum atomic E-state index is -1.04. The molecule has 5 nitrogen and oxygen atoms in total. The van der Waals surface area contributed by atoms with Gasteiger partial charge in [0, 0.05) is 6.54 Å². The van der Waals surface area contributed by atoms with Crippen molar-refractivity contribution >= 4 is 11.9 Å². The first kappa shape index (κ1) is 8.99. The molecule has 1 saturated heterocycles. The number of ether oxygens (including phenoxy) is 1. The van der Waals surface area contributed by atoms with Crippen molar-refractivity contribution in [3.8, 4) is 0 Å². The smallest absolute Gasteiger partial charge is 0.321 e. The predicted molar refractivity (Wildman–Crippen MR) is 39.1 cm³/mol. The fourth-order valence-electron chi connectivity index (χ4n) is 1.10. The molecular weight excluding hydrogens is 162 g/mol. The molecule has 2 N–H and O–H groups in total. The molecule has 5 heteroatoms. The number of hydrogen-bond donors (Lipinski definition) is 2. The van der Waals surface area contributed by atoms with Gasteiger partial charge in [-0.05, 0) is 6.92 Å². The van der Waals surface area contributed by atoms with Gasteiger partial charge in [-0.15, -0.1) is 0 Å². The fraction of sp³-hybridized carbons (Fsp3) is 0.714. The SMILES string of the molecule is CCOC(=O)[C@@H]1C(=O)NC[C@H]1O. The fourth-order valence-corrected chi connectivity index (χ4v) is 1.10. The van der Waals surface area contributed by atoms with Crippen molar-refractivity contribution in [2.24, 2.45) is 5.92 Å². The van der Waals surface area contributed by atoms with E-state index >= 15 is 0 Å². The topological polar surface area (TPSA) is 75.6 Å². The minimum absolute atomic E-state index is 0.127. The van der Waals surface area contributed by atoms with Crippen LogP contribution >= 0.6 is 0 Å². The summed E-state index contributed by atoms with van der Waals surface area (Å²) in [6, 6.07) is 0. The predicted octanol–water partition coefficient (Wildman–Crippen LogP) is -1.34. The number of nitrogens with one attached hydrogen (secondary N) is 1. The third kappa shape index (κ3) is 1.55. The van der Waals surface area contributed by atoms with E-state index in [1.165, 1.54) is 0 Å². The Morgan fingerprint density at radius 2 is 2.50 bits per heavy atom. The highest BCUT2D eigenvalue weighted by atomic mass is 16.5. The molecule has 0 radical (unpaired) electrons. The van der Waals surface area contributed by atoms with Crippen LogP contribution in [0.15, 0.2) is 0 Å². The zero-order valence-corrected chi connectivity index (χ0v) is 6.74. The summed E-state index contributed by atoms with van der Waals surface area (Å²) in [6.45, 7) is 1.99. The highest BCUT2D eigenvalue weighted by Gasteiger charge is 2.40. The Balaban J connectivity index is 2.59. The standard InChI is InChI=1S/C7H11NO4/c1-2-12-7(11)5-4(9)3-8-6(5)10/h4-5,9H,2-3H2,1H3,(H,8,10)/t4-,5+/m1/s1. The number of aliphatic hydroxyl groups excluding tert-OH is 1. The maximum atomic E-state index is 11.0. The van der Waals surface area contributed by atoms with Crippen LogP contribution in [0.25, 0.3) is 0 Å². The number of aliphatic hydroxyl groups is 1. The van der Waals surface area contributed by atoms with Crippen molar-refractivity contribution in [3.05, 3.63) is 0 Å². The van der Waals surface area contributed by atoms with Gasteiger partial charge in [0.25, 0.3) is 0 Å². The van der Waals surface area contributed by atoms with Gasteiger partial charge in [0.2, 0.25) is 5.91 Å². The minimum Gasteiger partial charge on any atom is -0.465 e. The number of rotatable bonds is 2. The van der Waals surface area contributed by atoms with Crippen LogP contribution in [-0.4, -0.2) is 36.2 Å². The average Bonchev–Trinajstić information content (AvgIpc) is 2.32. The summed E-state index contributed by atoms with van der Waals surface area (Å²) in [7, 11) is 0. The molecule has 0 spiro atoms. The molecule has 0 aliphatic carbocycles. The normalized spacial score (nSPS) is 28.3. The van der Waals surface area contributed by atoms with Crippen LogP contribution in [0.2, 0.25) is 0 Å². The van der Waals surface area contributed by atoms with E-state index in [0.717, 1.165) is 0 Å². The first-order valence-corrected chi connectivity index (χ1v) is 3.79. The second-order valence-corrected chi connectivity index (χ2v) is 2.54. The van der Waals surface area contributed by atoms with Gasteiger partial charge >= 0.3 is 5.97 Å². The summed E-state index contributed by atoms with van der Waals surface area (Å²) in [5, 5.41) is 11.5. The monoisotopic (exact) mass is 173 g/mol. The number of carbonyl (C=O) groups is 2. The highest BCUT2D eigenvalue weighted by Crippen LogP contribution is 2.11. The second kappa shape index (κ2) is 3.53. The Kier molecular flexibility index (Phi) is 2.65. The van der Waals surface area contributed by atoms with Gasteiger partial charge in [0.05, 0.1) is 12.7 Å². The molecule has 68 valence electrons. The highest BCUT2D eigenvalue weighted by molar-refractivity contribution is 6.00. The van der Waals surface area contributed by atoms with Gasteiger partial charge in [-0.2, -0.15) is 0 Å². The van der Waals surface area contributed by atoms with Crippen LogP contribution in [0.4, 0.5) is 0 Å². The Hall–Kier alpha value is -1.10. The van der Waals surface area contributed by atoms with Gasteiger partial charge in [-0.1, -0.05) is 0 Å². The molecule has 0 aromatic heterocycles. The summed E-state index contributed by atoms with van der Waals surface area (Å²) in [4.78, 5) is 22.0. The number of carbonyl (C=O) groups excluding carboxylic acids is 2. The van der Waals surface area contributed by atoms with Crippen LogP contribution in [0.5, 0.6) is 0 Å². The number of esters is 1. The summed E-state index contributed by atoms with van der Waals surface area (Å²) in [5.41, 5.74) is 0. The van der Waals surface area contributed by atoms with Crippen LogP contribution in [0.3, 0.4) is 0 Å². The molecule has 1 aliphatic rings. The lowest BCUT2D eigenvalue weighted by Crippen LogP contribution is -2.31. The Morgan fingerprint density at radius 1 is 1.83 bits per heavy atom. The van der Waals surface area contributed by atoms with Crippen LogP contribution in [-0.2, 0) is 14.3 Å². The second-order valence-electron chi connectivity index (χ2n) is 2.54. The average molecular weight is 173 g/mol. The van der Waals surface area contributed by atoms with Crippen molar-refractivity contribution in [3.63, 3.8) is 0 Å². The van der Waals surface area contributed by atoms with Crippen LogP contribution < -0.4 is 5.32 Å². The Bertz CT molecular complexity index is 204. The molecular formula is C7H11NO4. The van der Waals surface area contributed by atoms with E-state index in [0.29, 0.717) is 0 Å². The van der Waals surface area contributed by atoms with Gasteiger partial charge in [-0.3, -0.25) is 9.59 Å². The quantitative estimate of drug-likeness (QED) is 0.400. The molecule has 0 bridgehead atoms. The molecule has 1 rings (SSSR count). The maximum absolute atomic E-state index is 11.0. The van der Waals surface area contributed by atoms with Crippen molar-refractivity contribution in [2.45, 2.75) is 13.0 Å². The molecule has 1 aliphatic heterocycles. The van der Waals surface area contributed by atoms with E-state index in [1.807, 2.05) is 0 Å². The van der Waals surface area contributed by atoms with E-state index in [9.17, 15) is 14.7 Å². The number of amides is 1. The molecule has 12 heavy (non-hydrogen) atoms. The third-order valence-electron chi connectivity index (χ3n) is 1.69. The molecule has 0 unspecified atom stereocenters. The van der Waals surface area contributed by atoms with E-state index in [2.05, 4.69) is 10.1 Å². The maximum Gasteiger partial charge on any atom is 0.321 e. The van der Waals surface area contributed by atoms with E-state index in [4.69, 9.17) is 0 Å². The first-order valence-electron chi connectivity index (χ1n) is 3.79. The summed E-state index contributed by atoms with van der Waals surface area (Å²) < 4.78 is 4.61. The van der Waals surface area contributed by atoms with Gasteiger partial charge in [-0.25, -0.2) is 0 Å². The zero-order chi connectivity index (χ0) is 9.14. The van der Waals surface area contributed by atoms with Crippen molar-refractivity contribution in [2.75, 3.05) is 13.2 Å². The lowest BCUT2D eigenvalue weighted by atomic mass is 10.1. The van der Waals surface area contributed by atoms with E-state index < -0.39 is 23.9 Å². The summed E-state index contributed by atoms with van der Waals surface area (Å²) in [6.07, 6.45) is -0.948. The molecule has 0 aromatic carbocycles. The molecule has 1 fully saturated rings. The van der Waals surface area contributed by atoms with Crippen LogP contribution in [0.1, 0.15) is 6.92 Å². The van der Waals surface area contributed by atoms with Gasteiger partial charge in [0.15, 0.2) is 5.92 Å². The Labute approximate surface area is 69.7 Å². The van der Waals surface area contributed by atoms with Gasteiger partial charge in [0.1, 0.15) is 0 Å². The molecule has 2 atom stereocenters. The molecule has 1 amide bonds. The van der Waals surface area contributed by atoms with Gasteiger partial charge < -0.3 is 15.2 Å². The largest absolute Gasteiger partial charge is 0.465 e. The first-order chi connectivity index (χ1) is 5.66. The summed E-state index contributed by atoms with van der Waals surface area (Å²) >= 11 is 0. The molecule has 0 saturated carbocycles. The molecule has 1 heterocycles. The van der Waals surface area contributed by atoms with E-state index in [1.54, 1.807) is 6.92 Å².